The third-order valence-electron chi connectivity index (χ3n) is 3.80. The predicted octanol–water partition coefficient (Wildman–Crippen LogP) is 4.01. The number of pyridine rings is 1. The third-order valence-corrected chi connectivity index (χ3v) is 4.87. The number of thiophene rings is 1. The summed E-state index contributed by atoms with van der Waals surface area (Å²) in [4.78, 5) is 33.1. The number of rotatable bonds is 5. The summed E-state index contributed by atoms with van der Waals surface area (Å²) in [5.74, 6) is -0.0289. The Morgan fingerprint density at radius 1 is 1.27 bits per heavy atom. The smallest absolute Gasteiger partial charge is 0.410 e. The zero-order valence-corrected chi connectivity index (χ0v) is 17.1. The molecule has 0 aliphatic heterocycles. The number of nitrogens with zero attached hydrogens (tertiary/aromatic N) is 3. The highest BCUT2D eigenvalue weighted by Gasteiger charge is 2.24. The molecule has 0 saturated carbocycles. The molecule has 142 valence electrons. The maximum Gasteiger partial charge on any atom is 0.410 e. The molecule has 0 fully saturated rings. The molecule has 2 aromatic heterocycles. The van der Waals surface area contributed by atoms with Gasteiger partial charge in [-0.05, 0) is 52.1 Å². The van der Waals surface area contributed by atoms with Crippen LogP contribution in [0.3, 0.4) is 0 Å². The Balaban J connectivity index is 2.06. The van der Waals surface area contributed by atoms with Crippen LogP contribution >= 0.6 is 11.3 Å². The van der Waals surface area contributed by atoms with Crippen LogP contribution in [0.5, 0.6) is 0 Å². The van der Waals surface area contributed by atoms with Crippen molar-refractivity contribution in [2.75, 3.05) is 20.1 Å². The minimum Gasteiger partial charge on any atom is -0.444 e. The summed E-state index contributed by atoms with van der Waals surface area (Å²) in [5.41, 5.74) is -0.538. The number of amides is 2. The standard InChI is InChI=1S/C19H27N3O3S/c1-13(2)22(10-9-21(6)18(24)25-19(3,4)5)17(23)15-11-14-7-8-20-12-16(14)26-15/h7-8,11-13H,9-10H2,1-6H3. The lowest BCUT2D eigenvalue weighted by molar-refractivity contribution is 0.0270. The van der Waals surface area contributed by atoms with Crippen LogP contribution in [0.25, 0.3) is 10.1 Å². The van der Waals surface area contributed by atoms with Gasteiger partial charge in [-0.2, -0.15) is 0 Å². The lowest BCUT2D eigenvalue weighted by atomic mass is 10.2. The van der Waals surface area contributed by atoms with E-state index in [1.54, 1.807) is 24.3 Å². The van der Waals surface area contributed by atoms with Gasteiger partial charge in [0.2, 0.25) is 0 Å². The molecule has 7 heteroatoms. The van der Waals surface area contributed by atoms with Gasteiger partial charge in [-0.15, -0.1) is 11.3 Å². The molecule has 0 unspecified atom stereocenters. The highest BCUT2D eigenvalue weighted by Crippen LogP contribution is 2.26. The van der Waals surface area contributed by atoms with E-state index in [1.165, 1.54) is 16.2 Å². The number of carbonyl (C=O) groups excluding carboxylic acids is 2. The molecule has 26 heavy (non-hydrogen) atoms. The molecule has 2 amide bonds. The molecule has 0 spiro atoms. The Morgan fingerprint density at radius 3 is 2.54 bits per heavy atom. The van der Waals surface area contributed by atoms with E-state index in [0.717, 1.165) is 10.1 Å². The van der Waals surface area contributed by atoms with Gasteiger partial charge in [-0.25, -0.2) is 4.79 Å². The maximum absolute atomic E-state index is 12.9. The Kier molecular flexibility index (Phi) is 6.23. The average Bonchev–Trinajstić information content (AvgIpc) is 2.96. The summed E-state index contributed by atoms with van der Waals surface area (Å²) in [6, 6.07) is 3.83. The highest BCUT2D eigenvalue weighted by atomic mass is 32.1. The van der Waals surface area contributed by atoms with E-state index in [1.807, 2.05) is 46.8 Å². The third kappa shape index (κ3) is 5.17. The van der Waals surface area contributed by atoms with Gasteiger partial charge in [0.05, 0.1) is 9.58 Å². The number of hydrogen-bond acceptors (Lipinski definition) is 5. The first-order valence-corrected chi connectivity index (χ1v) is 9.49. The molecular weight excluding hydrogens is 350 g/mol. The van der Waals surface area contributed by atoms with Crippen molar-refractivity contribution in [3.05, 3.63) is 29.4 Å². The second-order valence-electron chi connectivity index (χ2n) is 7.52. The van der Waals surface area contributed by atoms with Gasteiger partial charge in [0.25, 0.3) is 5.91 Å². The largest absolute Gasteiger partial charge is 0.444 e. The summed E-state index contributed by atoms with van der Waals surface area (Å²) in [5, 5.41) is 1.02. The van der Waals surface area contributed by atoms with E-state index >= 15 is 0 Å². The molecule has 0 aliphatic rings. The average molecular weight is 378 g/mol. The van der Waals surface area contributed by atoms with Crippen molar-refractivity contribution in [1.29, 1.82) is 0 Å². The van der Waals surface area contributed by atoms with Gasteiger partial charge in [0, 0.05) is 38.6 Å². The fourth-order valence-corrected chi connectivity index (χ4v) is 3.40. The van der Waals surface area contributed by atoms with Crippen molar-refractivity contribution in [2.45, 2.75) is 46.3 Å². The number of ether oxygens (including phenoxy) is 1. The normalized spacial score (nSPS) is 11.7. The molecule has 2 rings (SSSR count). The fraction of sp³-hybridized carbons (Fsp3) is 0.526. The van der Waals surface area contributed by atoms with Gasteiger partial charge in [-0.1, -0.05) is 0 Å². The van der Waals surface area contributed by atoms with Crippen molar-refractivity contribution in [3.63, 3.8) is 0 Å². The van der Waals surface area contributed by atoms with E-state index in [-0.39, 0.29) is 18.0 Å². The predicted molar refractivity (Wildman–Crippen MR) is 105 cm³/mol. The number of aromatic nitrogens is 1. The van der Waals surface area contributed by atoms with E-state index in [2.05, 4.69) is 4.98 Å². The van der Waals surface area contributed by atoms with Gasteiger partial charge in [-0.3, -0.25) is 9.78 Å². The molecule has 0 aliphatic carbocycles. The quantitative estimate of drug-likeness (QED) is 0.790. The van der Waals surface area contributed by atoms with Crippen LogP contribution in [0.1, 0.15) is 44.3 Å². The zero-order chi connectivity index (χ0) is 19.5. The fourth-order valence-electron chi connectivity index (χ4n) is 2.41. The Morgan fingerprint density at radius 2 is 1.96 bits per heavy atom. The van der Waals surface area contributed by atoms with Crippen molar-refractivity contribution in [3.8, 4) is 0 Å². The molecule has 2 heterocycles. The molecule has 0 bridgehead atoms. The lowest BCUT2D eigenvalue weighted by Gasteiger charge is -2.29. The first-order chi connectivity index (χ1) is 12.1. The lowest BCUT2D eigenvalue weighted by Crippen LogP contribution is -2.43. The van der Waals surface area contributed by atoms with Crippen molar-refractivity contribution in [2.24, 2.45) is 0 Å². The summed E-state index contributed by atoms with van der Waals surface area (Å²) in [7, 11) is 1.68. The number of carbonyl (C=O) groups is 2. The Bertz CT molecular complexity index is 747. The van der Waals surface area contributed by atoms with Crippen LogP contribution in [0.2, 0.25) is 0 Å². The minimum absolute atomic E-state index is 0.0258. The minimum atomic E-state index is -0.538. The zero-order valence-electron chi connectivity index (χ0n) is 16.3. The first kappa shape index (κ1) is 20.2. The van der Waals surface area contributed by atoms with Crippen molar-refractivity contribution < 1.29 is 14.3 Å². The molecule has 0 N–H and O–H groups in total. The number of hydrogen-bond donors (Lipinski definition) is 0. The molecular formula is C19H27N3O3S. The van der Waals surface area contributed by atoms with Crippen LogP contribution in [-0.2, 0) is 4.74 Å². The van der Waals surface area contributed by atoms with Crippen LogP contribution in [0.15, 0.2) is 24.5 Å². The SMILES string of the molecule is CC(C)N(CCN(C)C(=O)OC(C)(C)C)C(=O)c1cc2ccncc2s1. The maximum atomic E-state index is 12.9. The van der Waals surface area contributed by atoms with Crippen LogP contribution in [0.4, 0.5) is 4.79 Å². The number of likely N-dealkylation sites (N-methyl/N-ethyl adjacent to an activating group) is 1. The molecule has 0 atom stereocenters. The molecule has 0 aromatic carbocycles. The van der Waals surface area contributed by atoms with Gasteiger partial charge < -0.3 is 14.5 Å². The molecule has 0 saturated heterocycles. The molecule has 6 nitrogen and oxygen atoms in total. The summed E-state index contributed by atoms with van der Waals surface area (Å²) in [6.07, 6.45) is 3.10. The van der Waals surface area contributed by atoms with E-state index in [9.17, 15) is 9.59 Å². The van der Waals surface area contributed by atoms with Crippen LogP contribution in [0, 0.1) is 0 Å². The van der Waals surface area contributed by atoms with Crippen molar-refractivity contribution >= 4 is 33.4 Å². The summed E-state index contributed by atoms with van der Waals surface area (Å²) >= 11 is 1.44. The Labute approximate surface area is 158 Å². The van der Waals surface area contributed by atoms with Crippen LogP contribution in [-0.4, -0.2) is 58.6 Å². The van der Waals surface area contributed by atoms with Crippen molar-refractivity contribution in [1.82, 2.24) is 14.8 Å². The summed E-state index contributed by atoms with van der Waals surface area (Å²) < 4.78 is 6.35. The monoisotopic (exact) mass is 377 g/mol. The summed E-state index contributed by atoms with van der Waals surface area (Å²) in [6.45, 7) is 10.3. The molecule has 0 radical (unpaired) electrons. The first-order valence-electron chi connectivity index (χ1n) is 8.67. The highest BCUT2D eigenvalue weighted by molar-refractivity contribution is 7.20. The van der Waals surface area contributed by atoms with Crippen LogP contribution < -0.4 is 0 Å². The molecule has 2 aromatic rings. The van der Waals surface area contributed by atoms with Gasteiger partial charge in [0.1, 0.15) is 5.60 Å². The second kappa shape index (κ2) is 8.03. The van der Waals surface area contributed by atoms with Gasteiger partial charge in [0.15, 0.2) is 0 Å². The Hall–Kier alpha value is -2.15. The van der Waals surface area contributed by atoms with E-state index in [0.29, 0.717) is 18.0 Å². The topological polar surface area (TPSA) is 62.7 Å². The van der Waals surface area contributed by atoms with E-state index in [4.69, 9.17) is 4.74 Å². The second-order valence-corrected chi connectivity index (χ2v) is 8.60. The number of fused-ring (bicyclic) bond motifs is 1. The van der Waals surface area contributed by atoms with E-state index < -0.39 is 5.60 Å². The van der Waals surface area contributed by atoms with Gasteiger partial charge >= 0.3 is 6.09 Å².